The van der Waals surface area contributed by atoms with Crippen molar-refractivity contribution in [3.63, 3.8) is 0 Å². The van der Waals surface area contributed by atoms with Crippen LogP contribution in [0.4, 0.5) is 0 Å². The van der Waals surface area contributed by atoms with Gasteiger partial charge in [-0.1, -0.05) is 32.6 Å². The molecule has 0 fully saturated rings. The van der Waals surface area contributed by atoms with Gasteiger partial charge in [-0.05, 0) is 19.8 Å². The molecule has 0 amide bonds. The summed E-state index contributed by atoms with van der Waals surface area (Å²) in [7, 11) is 0. The summed E-state index contributed by atoms with van der Waals surface area (Å²) < 4.78 is 0. The number of carboxylic acid groups (broad SMARTS) is 1. The van der Waals surface area contributed by atoms with Crippen LogP contribution < -0.4 is 0 Å². The first-order valence-electron chi connectivity index (χ1n) is 5.42. The normalized spacial score (nSPS) is 15.1. The molecule has 0 aromatic rings. The van der Waals surface area contributed by atoms with Gasteiger partial charge >= 0.3 is 5.97 Å². The van der Waals surface area contributed by atoms with Gasteiger partial charge in [-0.2, -0.15) is 0 Å². The van der Waals surface area contributed by atoms with E-state index in [1.54, 1.807) is 6.92 Å². The highest BCUT2D eigenvalue weighted by atomic mass is 16.4. The quantitative estimate of drug-likeness (QED) is 0.595. The van der Waals surface area contributed by atoms with Crippen LogP contribution in [0.5, 0.6) is 0 Å². The Hall–Kier alpha value is -0.570. The molecule has 0 saturated heterocycles. The Morgan fingerprint density at radius 2 is 1.86 bits per heavy atom. The first kappa shape index (κ1) is 13.4. The lowest BCUT2D eigenvalue weighted by Crippen LogP contribution is -2.24. The van der Waals surface area contributed by atoms with Crippen LogP contribution in [0, 0.1) is 0 Å². The van der Waals surface area contributed by atoms with Gasteiger partial charge in [0.25, 0.3) is 0 Å². The maximum absolute atomic E-state index is 10.3. The van der Waals surface area contributed by atoms with E-state index >= 15 is 0 Å². The van der Waals surface area contributed by atoms with Crippen LogP contribution >= 0.6 is 0 Å². The molecule has 0 bridgehead atoms. The maximum atomic E-state index is 10.3. The minimum atomic E-state index is -0.834. The van der Waals surface area contributed by atoms with Crippen LogP contribution in [0.25, 0.3) is 0 Å². The SMILES string of the molecule is CCCCCCC(C)(O)CCC(=O)O. The number of carbonyl (C=O) groups is 1. The molecule has 0 aromatic carbocycles. The van der Waals surface area contributed by atoms with E-state index in [0.717, 1.165) is 12.8 Å². The highest BCUT2D eigenvalue weighted by Crippen LogP contribution is 2.20. The molecule has 3 heteroatoms. The van der Waals surface area contributed by atoms with E-state index < -0.39 is 11.6 Å². The predicted octanol–water partition coefficient (Wildman–Crippen LogP) is 2.57. The summed E-state index contributed by atoms with van der Waals surface area (Å²) in [6.45, 7) is 3.87. The number of unbranched alkanes of at least 4 members (excludes halogenated alkanes) is 3. The summed E-state index contributed by atoms with van der Waals surface area (Å²) in [6, 6.07) is 0. The van der Waals surface area contributed by atoms with Crippen molar-refractivity contribution >= 4 is 5.97 Å². The number of aliphatic hydroxyl groups is 1. The van der Waals surface area contributed by atoms with Gasteiger partial charge in [0.2, 0.25) is 0 Å². The van der Waals surface area contributed by atoms with Gasteiger partial charge in [0.1, 0.15) is 0 Å². The summed E-state index contributed by atoms with van der Waals surface area (Å²) in [5, 5.41) is 18.3. The van der Waals surface area contributed by atoms with Crippen LogP contribution in [0.1, 0.15) is 58.8 Å². The van der Waals surface area contributed by atoms with E-state index in [1.165, 1.54) is 12.8 Å². The highest BCUT2D eigenvalue weighted by molar-refractivity contribution is 5.66. The maximum Gasteiger partial charge on any atom is 0.303 e. The standard InChI is InChI=1S/C11H22O3/c1-3-4-5-6-8-11(2,14)9-7-10(12)13/h14H,3-9H2,1-2H3,(H,12,13). The van der Waals surface area contributed by atoms with Crippen molar-refractivity contribution in [1.82, 2.24) is 0 Å². The molecule has 0 radical (unpaired) electrons. The lowest BCUT2D eigenvalue weighted by molar-refractivity contribution is -0.138. The summed E-state index contributed by atoms with van der Waals surface area (Å²) >= 11 is 0. The number of hydrogen-bond acceptors (Lipinski definition) is 2. The monoisotopic (exact) mass is 202 g/mol. The molecule has 0 aliphatic carbocycles. The molecule has 2 N–H and O–H groups in total. The van der Waals surface area contributed by atoms with Crippen LogP contribution in [0.15, 0.2) is 0 Å². The molecular weight excluding hydrogens is 180 g/mol. The fourth-order valence-electron chi connectivity index (χ4n) is 1.43. The van der Waals surface area contributed by atoms with Crippen molar-refractivity contribution in [3.05, 3.63) is 0 Å². The highest BCUT2D eigenvalue weighted by Gasteiger charge is 2.20. The average Bonchev–Trinajstić information content (AvgIpc) is 2.10. The molecule has 0 aromatic heterocycles. The molecule has 1 atom stereocenters. The number of hydrogen-bond donors (Lipinski definition) is 2. The van der Waals surface area contributed by atoms with E-state index in [2.05, 4.69) is 6.92 Å². The molecule has 0 aliphatic rings. The van der Waals surface area contributed by atoms with Gasteiger partial charge < -0.3 is 10.2 Å². The third-order valence-electron chi connectivity index (χ3n) is 2.45. The van der Waals surface area contributed by atoms with Crippen molar-refractivity contribution in [2.24, 2.45) is 0 Å². The summed E-state index contributed by atoms with van der Waals surface area (Å²) in [5.41, 5.74) is -0.799. The van der Waals surface area contributed by atoms with Crippen LogP contribution in [-0.2, 0) is 4.79 Å². The molecule has 0 saturated carbocycles. The van der Waals surface area contributed by atoms with Crippen LogP contribution in [-0.4, -0.2) is 21.8 Å². The Kier molecular flexibility index (Phi) is 6.54. The first-order valence-corrected chi connectivity index (χ1v) is 5.42. The number of rotatable bonds is 8. The third kappa shape index (κ3) is 8.05. The van der Waals surface area contributed by atoms with Gasteiger partial charge in [0, 0.05) is 6.42 Å². The number of aliphatic carboxylic acids is 1. The molecule has 1 unspecified atom stereocenters. The van der Waals surface area contributed by atoms with Crippen molar-refractivity contribution in [1.29, 1.82) is 0 Å². The molecule has 84 valence electrons. The van der Waals surface area contributed by atoms with E-state index in [0.29, 0.717) is 12.8 Å². The molecular formula is C11H22O3. The zero-order valence-electron chi connectivity index (χ0n) is 9.25. The van der Waals surface area contributed by atoms with Crippen molar-refractivity contribution in [3.8, 4) is 0 Å². The Bertz CT molecular complexity index is 164. The minimum absolute atomic E-state index is 0.0563. The molecule has 0 heterocycles. The topological polar surface area (TPSA) is 57.5 Å². The van der Waals surface area contributed by atoms with Crippen LogP contribution in [0.2, 0.25) is 0 Å². The zero-order chi connectivity index (χ0) is 11.0. The smallest absolute Gasteiger partial charge is 0.303 e. The fourth-order valence-corrected chi connectivity index (χ4v) is 1.43. The zero-order valence-corrected chi connectivity index (χ0v) is 9.25. The molecule has 0 rings (SSSR count). The van der Waals surface area contributed by atoms with Crippen LogP contribution in [0.3, 0.4) is 0 Å². The molecule has 3 nitrogen and oxygen atoms in total. The molecule has 0 aliphatic heterocycles. The Labute approximate surface area is 86.1 Å². The lowest BCUT2D eigenvalue weighted by Gasteiger charge is -2.22. The van der Waals surface area contributed by atoms with Gasteiger partial charge in [-0.25, -0.2) is 0 Å². The van der Waals surface area contributed by atoms with Crippen molar-refractivity contribution in [2.75, 3.05) is 0 Å². The van der Waals surface area contributed by atoms with Gasteiger partial charge in [0.05, 0.1) is 5.60 Å². The molecule has 0 spiro atoms. The van der Waals surface area contributed by atoms with E-state index in [4.69, 9.17) is 5.11 Å². The second-order valence-corrected chi connectivity index (χ2v) is 4.20. The Morgan fingerprint density at radius 3 is 2.36 bits per heavy atom. The predicted molar refractivity (Wildman–Crippen MR) is 56.3 cm³/mol. The summed E-state index contributed by atoms with van der Waals surface area (Å²) in [6.07, 6.45) is 5.60. The summed E-state index contributed by atoms with van der Waals surface area (Å²) in [5.74, 6) is -0.834. The fraction of sp³-hybridized carbons (Fsp3) is 0.909. The van der Waals surface area contributed by atoms with E-state index in [1.807, 2.05) is 0 Å². The summed E-state index contributed by atoms with van der Waals surface area (Å²) in [4.78, 5) is 10.3. The second kappa shape index (κ2) is 6.82. The molecule has 14 heavy (non-hydrogen) atoms. The van der Waals surface area contributed by atoms with Crippen molar-refractivity contribution < 1.29 is 15.0 Å². The van der Waals surface area contributed by atoms with Crippen molar-refractivity contribution in [2.45, 2.75) is 64.4 Å². The second-order valence-electron chi connectivity index (χ2n) is 4.20. The lowest BCUT2D eigenvalue weighted by atomic mass is 9.93. The van der Waals surface area contributed by atoms with E-state index in [-0.39, 0.29) is 6.42 Å². The first-order chi connectivity index (χ1) is 6.48. The Morgan fingerprint density at radius 1 is 1.21 bits per heavy atom. The number of carboxylic acids is 1. The third-order valence-corrected chi connectivity index (χ3v) is 2.45. The van der Waals surface area contributed by atoms with Gasteiger partial charge in [-0.15, -0.1) is 0 Å². The Balaban J connectivity index is 3.55. The largest absolute Gasteiger partial charge is 0.481 e. The van der Waals surface area contributed by atoms with Gasteiger partial charge in [0.15, 0.2) is 0 Å². The minimum Gasteiger partial charge on any atom is -0.481 e. The van der Waals surface area contributed by atoms with Gasteiger partial charge in [-0.3, -0.25) is 4.79 Å². The average molecular weight is 202 g/mol. The van der Waals surface area contributed by atoms with E-state index in [9.17, 15) is 9.90 Å².